The molecule has 0 saturated heterocycles. The van der Waals surface area contributed by atoms with E-state index in [4.69, 9.17) is 0 Å². The van der Waals surface area contributed by atoms with Crippen LogP contribution in [0.5, 0.6) is 0 Å². The van der Waals surface area contributed by atoms with Gasteiger partial charge in [-0.3, -0.25) is 4.79 Å². The Balaban J connectivity index is 2.28. The van der Waals surface area contributed by atoms with Crippen molar-refractivity contribution in [2.75, 3.05) is 5.33 Å². The number of halogens is 1. The van der Waals surface area contributed by atoms with Gasteiger partial charge in [-0.1, -0.05) is 76.6 Å². The molecule has 0 aliphatic carbocycles. The first-order valence-electron chi connectivity index (χ1n) is 6.53. The lowest BCUT2D eigenvalue weighted by Gasteiger charge is -2.27. The van der Waals surface area contributed by atoms with Crippen LogP contribution >= 0.6 is 15.9 Å². The van der Waals surface area contributed by atoms with Gasteiger partial charge in [0, 0.05) is 5.33 Å². The topological polar surface area (TPSA) is 37.3 Å². The van der Waals surface area contributed by atoms with Crippen LogP contribution in [0.15, 0.2) is 60.7 Å². The summed E-state index contributed by atoms with van der Waals surface area (Å²) in [6.45, 7) is 0. The van der Waals surface area contributed by atoms with Crippen molar-refractivity contribution in [2.45, 2.75) is 12.8 Å². The van der Waals surface area contributed by atoms with Gasteiger partial charge in [-0.15, -0.1) is 0 Å². The molecule has 2 aromatic carbocycles. The van der Waals surface area contributed by atoms with Crippen molar-refractivity contribution in [3.05, 3.63) is 71.8 Å². The highest BCUT2D eigenvalue weighted by atomic mass is 79.9. The van der Waals surface area contributed by atoms with Crippen molar-refractivity contribution in [1.29, 1.82) is 0 Å². The second-order valence-electron chi connectivity index (χ2n) is 5.04. The maximum absolute atomic E-state index is 11.8. The molecule has 20 heavy (non-hydrogen) atoms. The number of benzene rings is 2. The molecule has 1 N–H and O–H groups in total. The average molecular weight is 333 g/mol. The summed E-state index contributed by atoms with van der Waals surface area (Å²) in [6.07, 6.45) is 1.03. The first kappa shape index (κ1) is 14.8. The highest BCUT2D eigenvalue weighted by Crippen LogP contribution is 2.30. The monoisotopic (exact) mass is 332 g/mol. The second-order valence-corrected chi connectivity index (χ2v) is 5.60. The molecule has 2 nitrogen and oxygen atoms in total. The van der Waals surface area contributed by atoms with Gasteiger partial charge in [0.15, 0.2) is 0 Å². The molecule has 0 aliphatic rings. The van der Waals surface area contributed by atoms with E-state index >= 15 is 0 Å². The number of carbonyl (C=O) groups is 1. The molecule has 2 rings (SSSR count). The zero-order valence-corrected chi connectivity index (χ0v) is 12.7. The zero-order chi connectivity index (χ0) is 14.4. The molecule has 3 heteroatoms. The summed E-state index contributed by atoms with van der Waals surface area (Å²) < 4.78 is 0. The Kier molecular flexibility index (Phi) is 4.96. The quantitative estimate of drug-likeness (QED) is 0.813. The maximum Gasteiger partial charge on any atom is 0.311 e. The van der Waals surface area contributed by atoms with Crippen LogP contribution in [0, 0.1) is 5.41 Å². The predicted octanol–water partition coefficient (Wildman–Crippen LogP) is 3.94. The predicted molar refractivity (Wildman–Crippen MR) is 84.2 cm³/mol. The van der Waals surface area contributed by atoms with Gasteiger partial charge in [0.2, 0.25) is 0 Å². The smallest absolute Gasteiger partial charge is 0.311 e. The molecule has 0 aliphatic heterocycles. The molecule has 0 heterocycles. The number of carboxylic acid groups (broad SMARTS) is 1. The van der Waals surface area contributed by atoms with Gasteiger partial charge in [-0.2, -0.15) is 0 Å². The maximum atomic E-state index is 11.8. The Morgan fingerprint density at radius 1 is 0.900 bits per heavy atom. The van der Waals surface area contributed by atoms with Crippen LogP contribution in [0.1, 0.15) is 11.1 Å². The zero-order valence-electron chi connectivity index (χ0n) is 11.1. The number of rotatable bonds is 6. The van der Waals surface area contributed by atoms with Crippen LogP contribution in [0.3, 0.4) is 0 Å². The largest absolute Gasteiger partial charge is 0.481 e. The molecule has 0 saturated carbocycles. The number of hydrogen-bond donors (Lipinski definition) is 1. The van der Waals surface area contributed by atoms with E-state index in [0.29, 0.717) is 18.2 Å². The van der Waals surface area contributed by atoms with E-state index in [1.165, 1.54) is 0 Å². The third-order valence-corrected chi connectivity index (χ3v) is 4.55. The van der Waals surface area contributed by atoms with Crippen molar-refractivity contribution in [2.24, 2.45) is 5.41 Å². The van der Waals surface area contributed by atoms with Crippen molar-refractivity contribution in [3.63, 3.8) is 0 Å². The van der Waals surface area contributed by atoms with Crippen LogP contribution < -0.4 is 0 Å². The summed E-state index contributed by atoms with van der Waals surface area (Å²) in [5.74, 6) is -0.762. The Labute approximate surface area is 127 Å². The molecular weight excluding hydrogens is 316 g/mol. The summed E-state index contributed by atoms with van der Waals surface area (Å²) >= 11 is 3.41. The van der Waals surface area contributed by atoms with E-state index in [-0.39, 0.29) is 0 Å². The molecular formula is C17H17BrO2. The van der Waals surface area contributed by atoms with Crippen molar-refractivity contribution < 1.29 is 9.90 Å². The summed E-state index contributed by atoms with van der Waals surface area (Å²) in [5, 5.41) is 10.1. The lowest BCUT2D eigenvalue weighted by Crippen LogP contribution is -2.37. The number of hydrogen-bond acceptors (Lipinski definition) is 1. The second kappa shape index (κ2) is 6.71. The number of carboxylic acids is 1. The first-order chi connectivity index (χ1) is 9.66. The van der Waals surface area contributed by atoms with Crippen LogP contribution in [0.4, 0.5) is 0 Å². The van der Waals surface area contributed by atoms with E-state index in [9.17, 15) is 9.90 Å². The third kappa shape index (κ3) is 3.48. The van der Waals surface area contributed by atoms with Crippen molar-refractivity contribution in [3.8, 4) is 0 Å². The Morgan fingerprint density at radius 3 is 1.60 bits per heavy atom. The molecule has 2 aromatic rings. The number of aliphatic carboxylic acids is 1. The van der Waals surface area contributed by atoms with E-state index in [1.807, 2.05) is 60.7 Å². The van der Waals surface area contributed by atoms with Gasteiger partial charge < -0.3 is 5.11 Å². The van der Waals surface area contributed by atoms with Gasteiger partial charge >= 0.3 is 5.97 Å². The Morgan fingerprint density at radius 2 is 1.30 bits per heavy atom. The van der Waals surface area contributed by atoms with Crippen LogP contribution in [-0.2, 0) is 17.6 Å². The fourth-order valence-corrected chi connectivity index (χ4v) is 2.97. The molecule has 0 fully saturated rings. The summed E-state index contributed by atoms with van der Waals surface area (Å²) in [6, 6.07) is 19.6. The highest BCUT2D eigenvalue weighted by molar-refractivity contribution is 9.09. The number of alkyl halides is 1. The van der Waals surface area contributed by atoms with Crippen LogP contribution in [-0.4, -0.2) is 16.4 Å². The van der Waals surface area contributed by atoms with Crippen molar-refractivity contribution >= 4 is 21.9 Å². The molecule has 0 radical (unpaired) electrons. The molecule has 0 amide bonds. The summed E-state index contributed by atoms with van der Waals surface area (Å²) in [5.41, 5.74) is 1.28. The molecule has 0 atom stereocenters. The normalized spacial score (nSPS) is 11.2. The Bertz CT molecular complexity index is 510. The molecule has 0 bridgehead atoms. The minimum absolute atomic E-state index is 0.430. The highest BCUT2D eigenvalue weighted by Gasteiger charge is 2.37. The van der Waals surface area contributed by atoms with Gasteiger partial charge in [-0.25, -0.2) is 0 Å². The van der Waals surface area contributed by atoms with E-state index in [1.54, 1.807) is 0 Å². The molecule has 0 aromatic heterocycles. The van der Waals surface area contributed by atoms with Gasteiger partial charge in [0.25, 0.3) is 0 Å². The Hall–Kier alpha value is -1.61. The molecule has 0 spiro atoms. The van der Waals surface area contributed by atoms with E-state index in [2.05, 4.69) is 15.9 Å². The lowest BCUT2D eigenvalue weighted by molar-refractivity contribution is -0.147. The van der Waals surface area contributed by atoms with E-state index < -0.39 is 11.4 Å². The SMILES string of the molecule is O=C(O)C(CBr)(Cc1ccccc1)Cc1ccccc1. The standard InChI is InChI=1S/C17H17BrO2/c18-13-17(16(19)20,11-14-7-3-1-4-8-14)12-15-9-5-2-6-10-15/h1-10H,11-13H2,(H,19,20). The fourth-order valence-electron chi connectivity index (χ4n) is 2.34. The fraction of sp³-hybridized carbons (Fsp3) is 0.235. The van der Waals surface area contributed by atoms with E-state index in [0.717, 1.165) is 11.1 Å². The van der Waals surface area contributed by atoms with Crippen molar-refractivity contribution in [1.82, 2.24) is 0 Å². The minimum Gasteiger partial charge on any atom is -0.481 e. The summed E-state index contributed by atoms with van der Waals surface area (Å²) in [7, 11) is 0. The summed E-state index contributed by atoms with van der Waals surface area (Å²) in [4.78, 5) is 11.8. The minimum atomic E-state index is -0.817. The van der Waals surface area contributed by atoms with Crippen LogP contribution in [0.25, 0.3) is 0 Å². The molecule has 104 valence electrons. The molecule has 0 unspecified atom stereocenters. The van der Waals surface area contributed by atoms with Gasteiger partial charge in [-0.05, 0) is 24.0 Å². The third-order valence-electron chi connectivity index (χ3n) is 3.48. The van der Waals surface area contributed by atoms with Crippen LogP contribution in [0.2, 0.25) is 0 Å². The van der Waals surface area contributed by atoms with Gasteiger partial charge in [0.05, 0.1) is 5.41 Å². The average Bonchev–Trinajstić information content (AvgIpc) is 2.48. The first-order valence-corrected chi connectivity index (χ1v) is 7.66. The lowest BCUT2D eigenvalue weighted by atomic mass is 9.78. The van der Waals surface area contributed by atoms with Gasteiger partial charge in [0.1, 0.15) is 0 Å².